The summed E-state index contributed by atoms with van der Waals surface area (Å²) in [5.74, 6) is -0.276. The van der Waals surface area contributed by atoms with Gasteiger partial charge in [0, 0.05) is 5.69 Å². The summed E-state index contributed by atoms with van der Waals surface area (Å²) in [6, 6.07) is 4.00. The Hall–Kier alpha value is -1.54. The molecule has 0 bridgehead atoms. The summed E-state index contributed by atoms with van der Waals surface area (Å²) >= 11 is 1.28. The number of hydrogen-bond acceptors (Lipinski definition) is 4. The first kappa shape index (κ1) is 14.5. The van der Waals surface area contributed by atoms with Crippen LogP contribution in [0.5, 0.6) is 0 Å². The van der Waals surface area contributed by atoms with Gasteiger partial charge in [-0.1, -0.05) is 25.6 Å². The highest BCUT2D eigenvalue weighted by Gasteiger charge is 2.23. The van der Waals surface area contributed by atoms with E-state index in [4.69, 9.17) is 11.0 Å². The van der Waals surface area contributed by atoms with E-state index in [1.807, 2.05) is 33.8 Å². The molecule has 0 aliphatic carbocycles. The number of rotatable bonds is 4. The van der Waals surface area contributed by atoms with Crippen LogP contribution in [-0.4, -0.2) is 16.1 Å². The highest BCUT2D eigenvalue weighted by Crippen LogP contribution is 2.30. The van der Waals surface area contributed by atoms with Crippen molar-refractivity contribution in [2.45, 2.75) is 38.0 Å². The normalized spacial score (nSPS) is 12.2. The first-order valence-electron chi connectivity index (χ1n) is 5.71. The highest BCUT2D eigenvalue weighted by molar-refractivity contribution is 8.00. The van der Waals surface area contributed by atoms with Crippen molar-refractivity contribution in [3.05, 3.63) is 22.9 Å². The van der Waals surface area contributed by atoms with Crippen LogP contribution in [0.3, 0.4) is 0 Å². The fraction of sp³-hybridized carbons (Fsp3) is 0.462. The monoisotopic (exact) mass is 263 g/mol. The summed E-state index contributed by atoms with van der Waals surface area (Å²) < 4.78 is 0. The van der Waals surface area contributed by atoms with E-state index in [2.05, 4.69) is 11.1 Å². The van der Waals surface area contributed by atoms with Crippen molar-refractivity contribution >= 4 is 17.7 Å². The molecule has 1 rings (SSSR count). The lowest BCUT2D eigenvalue weighted by atomic mass is 10.1. The van der Waals surface area contributed by atoms with Gasteiger partial charge in [0.15, 0.2) is 0 Å². The molecule has 0 saturated heterocycles. The van der Waals surface area contributed by atoms with Crippen molar-refractivity contribution in [3.8, 4) is 6.07 Å². The number of aryl methyl sites for hydroxylation is 2. The molecule has 0 aliphatic heterocycles. The topological polar surface area (TPSA) is 79.8 Å². The van der Waals surface area contributed by atoms with E-state index in [0.29, 0.717) is 10.6 Å². The predicted octanol–water partition coefficient (Wildman–Crippen LogP) is 2.17. The number of nitriles is 1. The van der Waals surface area contributed by atoms with Crippen LogP contribution in [0.25, 0.3) is 0 Å². The molecule has 0 aliphatic rings. The quantitative estimate of drug-likeness (QED) is 0.844. The minimum atomic E-state index is -0.375. The number of hydrogen-bond donors (Lipinski definition) is 1. The van der Waals surface area contributed by atoms with Crippen LogP contribution >= 0.6 is 11.8 Å². The number of nitrogens with zero attached hydrogens (tertiary/aromatic N) is 2. The van der Waals surface area contributed by atoms with Gasteiger partial charge >= 0.3 is 0 Å². The first-order valence-corrected chi connectivity index (χ1v) is 6.59. The second kappa shape index (κ2) is 5.87. The van der Waals surface area contributed by atoms with Crippen LogP contribution in [0.1, 0.15) is 30.7 Å². The number of primary amides is 1. The highest BCUT2D eigenvalue weighted by atomic mass is 32.2. The summed E-state index contributed by atoms with van der Waals surface area (Å²) in [6.45, 7) is 7.59. The predicted molar refractivity (Wildman–Crippen MR) is 72.1 cm³/mol. The van der Waals surface area contributed by atoms with Gasteiger partial charge in [-0.25, -0.2) is 4.98 Å². The largest absolute Gasteiger partial charge is 0.369 e. The summed E-state index contributed by atoms with van der Waals surface area (Å²) in [7, 11) is 0. The zero-order valence-electron chi connectivity index (χ0n) is 11.0. The Kier molecular flexibility index (Phi) is 4.74. The Morgan fingerprint density at radius 3 is 2.56 bits per heavy atom. The fourth-order valence-corrected chi connectivity index (χ4v) is 2.82. The summed E-state index contributed by atoms with van der Waals surface area (Å²) in [5, 5.41) is 9.38. The summed E-state index contributed by atoms with van der Waals surface area (Å²) in [4.78, 5) is 15.7. The van der Waals surface area contributed by atoms with Crippen LogP contribution in [0, 0.1) is 31.1 Å². The molecule has 2 N–H and O–H groups in total. The third-order valence-corrected chi connectivity index (χ3v) is 4.10. The lowest BCUT2D eigenvalue weighted by Gasteiger charge is -2.17. The minimum Gasteiger partial charge on any atom is -0.369 e. The first-order chi connectivity index (χ1) is 8.36. The molecule has 1 aromatic heterocycles. The maximum atomic E-state index is 11.4. The molecule has 0 spiro atoms. The Balaban J connectivity index is 3.18. The Morgan fingerprint density at radius 1 is 1.50 bits per heavy atom. The molecule has 1 aromatic rings. The lowest BCUT2D eigenvalue weighted by Crippen LogP contribution is -2.30. The van der Waals surface area contributed by atoms with Crippen molar-refractivity contribution in [3.63, 3.8) is 0 Å². The number of nitrogens with two attached hydrogens (primary N) is 1. The number of carbonyl (C=O) groups excluding carboxylic acids is 1. The Labute approximate surface area is 112 Å². The van der Waals surface area contributed by atoms with Gasteiger partial charge in [-0.3, -0.25) is 4.79 Å². The van der Waals surface area contributed by atoms with Crippen molar-refractivity contribution in [1.82, 2.24) is 4.98 Å². The average molecular weight is 263 g/mol. The van der Waals surface area contributed by atoms with Gasteiger partial charge in [-0.2, -0.15) is 5.26 Å². The number of thioether (sulfide) groups is 1. The van der Waals surface area contributed by atoms with Gasteiger partial charge < -0.3 is 5.73 Å². The average Bonchev–Trinajstić information content (AvgIpc) is 2.24. The molecule has 96 valence electrons. The molecule has 1 atom stereocenters. The lowest BCUT2D eigenvalue weighted by molar-refractivity contribution is -0.118. The van der Waals surface area contributed by atoms with Gasteiger partial charge in [0.2, 0.25) is 5.91 Å². The van der Waals surface area contributed by atoms with E-state index >= 15 is 0 Å². The number of aromatic nitrogens is 1. The molecule has 5 heteroatoms. The SMILES string of the molecule is Cc1cc(C)c(C#N)c(SC(C(N)=O)C(C)C)n1. The Morgan fingerprint density at radius 2 is 2.11 bits per heavy atom. The van der Waals surface area contributed by atoms with E-state index < -0.39 is 0 Å². The van der Waals surface area contributed by atoms with E-state index in [0.717, 1.165) is 11.3 Å². The minimum absolute atomic E-state index is 0.0988. The van der Waals surface area contributed by atoms with E-state index in [9.17, 15) is 4.79 Å². The molecule has 4 nitrogen and oxygen atoms in total. The smallest absolute Gasteiger partial charge is 0.231 e. The molecular formula is C13H17N3OS. The molecule has 18 heavy (non-hydrogen) atoms. The van der Waals surface area contributed by atoms with Crippen LogP contribution in [0.2, 0.25) is 0 Å². The standard InChI is InChI=1S/C13H17N3OS/c1-7(2)11(12(15)17)18-13-10(6-14)8(3)5-9(4)16-13/h5,7,11H,1-4H3,(H2,15,17). The molecule has 0 aromatic carbocycles. The third-order valence-electron chi connectivity index (χ3n) is 2.55. The zero-order chi connectivity index (χ0) is 13.9. The van der Waals surface area contributed by atoms with Gasteiger partial charge in [0.05, 0.1) is 10.8 Å². The van der Waals surface area contributed by atoms with Gasteiger partial charge in [0.25, 0.3) is 0 Å². The van der Waals surface area contributed by atoms with Crippen LogP contribution in [-0.2, 0) is 4.79 Å². The zero-order valence-corrected chi connectivity index (χ0v) is 11.8. The molecule has 0 radical (unpaired) electrons. The van der Waals surface area contributed by atoms with Crippen LogP contribution in [0.15, 0.2) is 11.1 Å². The maximum Gasteiger partial charge on any atom is 0.231 e. The molecule has 0 saturated carbocycles. The second-order valence-corrected chi connectivity index (χ2v) is 5.69. The van der Waals surface area contributed by atoms with E-state index in [1.165, 1.54) is 11.8 Å². The molecule has 1 unspecified atom stereocenters. The molecule has 1 amide bonds. The third kappa shape index (κ3) is 3.23. The number of pyridine rings is 1. The van der Waals surface area contributed by atoms with Gasteiger partial charge in [-0.15, -0.1) is 0 Å². The van der Waals surface area contributed by atoms with Crippen LogP contribution < -0.4 is 5.73 Å². The van der Waals surface area contributed by atoms with E-state index in [-0.39, 0.29) is 17.1 Å². The van der Waals surface area contributed by atoms with Crippen molar-refractivity contribution < 1.29 is 4.79 Å². The second-order valence-electron chi connectivity index (χ2n) is 4.56. The summed E-state index contributed by atoms with van der Waals surface area (Å²) in [6.07, 6.45) is 0. The molecular weight excluding hydrogens is 246 g/mol. The van der Waals surface area contributed by atoms with Gasteiger partial charge in [-0.05, 0) is 31.4 Å². The van der Waals surface area contributed by atoms with Crippen molar-refractivity contribution in [1.29, 1.82) is 5.26 Å². The fourth-order valence-electron chi connectivity index (χ4n) is 1.67. The maximum absolute atomic E-state index is 11.4. The van der Waals surface area contributed by atoms with Gasteiger partial charge in [0.1, 0.15) is 11.1 Å². The van der Waals surface area contributed by atoms with Crippen molar-refractivity contribution in [2.24, 2.45) is 11.7 Å². The molecule has 1 heterocycles. The summed E-state index contributed by atoms with van der Waals surface area (Å²) in [5.41, 5.74) is 7.62. The van der Waals surface area contributed by atoms with Crippen LogP contribution in [0.4, 0.5) is 0 Å². The van der Waals surface area contributed by atoms with E-state index in [1.54, 1.807) is 0 Å². The molecule has 0 fully saturated rings. The number of carbonyl (C=O) groups is 1. The van der Waals surface area contributed by atoms with Crippen molar-refractivity contribution in [2.75, 3.05) is 0 Å². The Bertz CT molecular complexity index is 506. The number of amides is 1.